The van der Waals surface area contributed by atoms with Crippen LogP contribution in [0.3, 0.4) is 0 Å². The summed E-state index contributed by atoms with van der Waals surface area (Å²) >= 11 is 5.73. The fourth-order valence-corrected chi connectivity index (χ4v) is 2.34. The van der Waals surface area contributed by atoms with Gasteiger partial charge in [0.05, 0.1) is 22.6 Å². The molecule has 0 unspecified atom stereocenters. The van der Waals surface area contributed by atoms with Gasteiger partial charge in [-0.15, -0.1) is 0 Å². The van der Waals surface area contributed by atoms with Gasteiger partial charge in [0.25, 0.3) is 0 Å². The van der Waals surface area contributed by atoms with Crippen LogP contribution in [0.15, 0.2) is 24.4 Å². The third kappa shape index (κ3) is 3.02. The average molecular weight is 296 g/mol. The van der Waals surface area contributed by atoms with E-state index in [-0.39, 0.29) is 5.02 Å². The molecule has 2 rings (SSSR count). The Morgan fingerprint density at radius 2 is 2.15 bits per heavy atom. The molecule has 20 heavy (non-hydrogen) atoms. The lowest BCUT2D eigenvalue weighted by atomic mass is 10.1. The molecule has 0 atom stereocenters. The van der Waals surface area contributed by atoms with Crippen LogP contribution in [0.2, 0.25) is 5.02 Å². The standard InChI is InChI=1S/C15H19ClFN3/c1-4-18-8-11-9-19-20(15(11)10(2)3)12-5-6-13(16)14(17)7-12/h5-7,9-10,18H,4,8H2,1-3H3. The summed E-state index contributed by atoms with van der Waals surface area (Å²) in [5, 5.41) is 7.82. The third-order valence-corrected chi connectivity index (χ3v) is 3.45. The molecular weight excluding hydrogens is 277 g/mol. The highest BCUT2D eigenvalue weighted by atomic mass is 35.5. The van der Waals surface area contributed by atoms with Gasteiger partial charge in [-0.1, -0.05) is 32.4 Å². The molecule has 0 spiro atoms. The van der Waals surface area contributed by atoms with Crippen LogP contribution in [0.25, 0.3) is 5.69 Å². The number of hydrogen-bond acceptors (Lipinski definition) is 2. The highest BCUT2D eigenvalue weighted by Crippen LogP contribution is 2.25. The largest absolute Gasteiger partial charge is 0.313 e. The zero-order valence-corrected chi connectivity index (χ0v) is 12.7. The second-order valence-electron chi connectivity index (χ2n) is 5.00. The summed E-state index contributed by atoms with van der Waals surface area (Å²) in [6.45, 7) is 7.94. The first-order chi connectivity index (χ1) is 9.54. The minimum absolute atomic E-state index is 0.125. The number of aromatic nitrogens is 2. The van der Waals surface area contributed by atoms with Gasteiger partial charge in [0.15, 0.2) is 0 Å². The Hall–Kier alpha value is -1.39. The molecule has 0 aliphatic carbocycles. The van der Waals surface area contributed by atoms with Gasteiger partial charge in [-0.05, 0) is 24.6 Å². The van der Waals surface area contributed by atoms with Gasteiger partial charge < -0.3 is 5.32 Å². The van der Waals surface area contributed by atoms with Crippen LogP contribution < -0.4 is 5.32 Å². The molecule has 5 heteroatoms. The lowest BCUT2D eigenvalue weighted by Gasteiger charge is -2.13. The Balaban J connectivity index is 2.45. The van der Waals surface area contributed by atoms with E-state index in [9.17, 15) is 4.39 Å². The van der Waals surface area contributed by atoms with Gasteiger partial charge in [0, 0.05) is 18.2 Å². The van der Waals surface area contributed by atoms with E-state index in [0.29, 0.717) is 11.6 Å². The summed E-state index contributed by atoms with van der Waals surface area (Å²) < 4.78 is 15.4. The molecule has 1 heterocycles. The Kier molecular flexibility index (Phi) is 4.78. The normalized spacial score (nSPS) is 11.3. The minimum atomic E-state index is -0.428. The van der Waals surface area contributed by atoms with Gasteiger partial charge >= 0.3 is 0 Å². The van der Waals surface area contributed by atoms with E-state index in [1.54, 1.807) is 16.8 Å². The minimum Gasteiger partial charge on any atom is -0.313 e. The van der Waals surface area contributed by atoms with Crippen molar-refractivity contribution in [2.24, 2.45) is 0 Å². The van der Waals surface area contributed by atoms with Crippen molar-refractivity contribution in [1.82, 2.24) is 15.1 Å². The van der Waals surface area contributed by atoms with Crippen LogP contribution in [0.1, 0.15) is 37.9 Å². The molecule has 0 radical (unpaired) electrons. The van der Waals surface area contributed by atoms with Crippen LogP contribution in [-0.4, -0.2) is 16.3 Å². The number of halogens is 2. The van der Waals surface area contributed by atoms with E-state index in [0.717, 1.165) is 24.3 Å². The lowest BCUT2D eigenvalue weighted by molar-refractivity contribution is 0.623. The van der Waals surface area contributed by atoms with E-state index in [4.69, 9.17) is 11.6 Å². The number of benzene rings is 1. The Morgan fingerprint density at radius 1 is 1.40 bits per heavy atom. The zero-order chi connectivity index (χ0) is 14.7. The van der Waals surface area contributed by atoms with Crippen LogP contribution >= 0.6 is 11.6 Å². The van der Waals surface area contributed by atoms with Crippen LogP contribution in [-0.2, 0) is 6.54 Å². The van der Waals surface area contributed by atoms with Crippen molar-refractivity contribution in [1.29, 1.82) is 0 Å². The van der Waals surface area contributed by atoms with Gasteiger partial charge in [-0.3, -0.25) is 0 Å². The quantitative estimate of drug-likeness (QED) is 0.907. The molecule has 1 aromatic carbocycles. The Bertz CT molecular complexity index is 593. The summed E-state index contributed by atoms with van der Waals surface area (Å²) in [5.41, 5.74) is 2.92. The van der Waals surface area contributed by atoms with Gasteiger partial charge in [-0.2, -0.15) is 5.10 Å². The molecule has 0 saturated heterocycles. The third-order valence-electron chi connectivity index (χ3n) is 3.15. The van der Waals surface area contributed by atoms with Crippen molar-refractivity contribution in [2.75, 3.05) is 6.54 Å². The van der Waals surface area contributed by atoms with Crippen LogP contribution in [0.4, 0.5) is 4.39 Å². The molecule has 108 valence electrons. The maximum Gasteiger partial charge on any atom is 0.143 e. The van der Waals surface area contributed by atoms with Gasteiger partial charge in [0.2, 0.25) is 0 Å². The van der Waals surface area contributed by atoms with Gasteiger partial charge in [0.1, 0.15) is 5.82 Å². The number of nitrogens with one attached hydrogen (secondary N) is 1. The maximum absolute atomic E-state index is 13.6. The van der Waals surface area contributed by atoms with Crippen molar-refractivity contribution in [2.45, 2.75) is 33.2 Å². The predicted octanol–water partition coefficient (Wildman–Crippen LogP) is 3.90. The summed E-state index contributed by atoms with van der Waals surface area (Å²) in [6.07, 6.45) is 1.84. The van der Waals surface area contributed by atoms with Crippen LogP contribution in [0.5, 0.6) is 0 Å². The molecule has 0 fully saturated rings. The molecule has 1 aromatic heterocycles. The molecule has 0 saturated carbocycles. The molecule has 3 nitrogen and oxygen atoms in total. The highest BCUT2D eigenvalue weighted by Gasteiger charge is 2.16. The Morgan fingerprint density at radius 3 is 2.75 bits per heavy atom. The summed E-state index contributed by atoms with van der Waals surface area (Å²) in [6, 6.07) is 4.75. The van der Waals surface area contributed by atoms with Crippen molar-refractivity contribution in [3.8, 4) is 5.69 Å². The van der Waals surface area contributed by atoms with Crippen LogP contribution in [0, 0.1) is 5.82 Å². The smallest absolute Gasteiger partial charge is 0.143 e. The lowest BCUT2D eigenvalue weighted by Crippen LogP contribution is -2.14. The second-order valence-corrected chi connectivity index (χ2v) is 5.41. The van der Waals surface area contributed by atoms with Crippen molar-refractivity contribution in [3.63, 3.8) is 0 Å². The number of rotatable bonds is 5. The van der Waals surface area contributed by atoms with Gasteiger partial charge in [-0.25, -0.2) is 9.07 Å². The van der Waals surface area contributed by atoms with E-state index in [1.807, 2.05) is 6.20 Å². The van der Waals surface area contributed by atoms with E-state index in [2.05, 4.69) is 31.2 Å². The Labute approximate surface area is 123 Å². The van der Waals surface area contributed by atoms with E-state index in [1.165, 1.54) is 6.07 Å². The van der Waals surface area contributed by atoms with Crippen molar-refractivity contribution < 1.29 is 4.39 Å². The maximum atomic E-state index is 13.6. The number of hydrogen-bond donors (Lipinski definition) is 1. The van der Waals surface area contributed by atoms with Crippen molar-refractivity contribution in [3.05, 3.63) is 46.5 Å². The fraction of sp³-hybridized carbons (Fsp3) is 0.400. The van der Waals surface area contributed by atoms with E-state index >= 15 is 0 Å². The first kappa shape index (κ1) is 15.0. The molecule has 0 amide bonds. The topological polar surface area (TPSA) is 29.9 Å². The molecule has 0 aliphatic heterocycles. The second kappa shape index (κ2) is 6.37. The average Bonchev–Trinajstić information content (AvgIpc) is 2.83. The first-order valence-electron chi connectivity index (χ1n) is 6.77. The summed E-state index contributed by atoms with van der Waals surface area (Å²) in [7, 11) is 0. The summed E-state index contributed by atoms with van der Waals surface area (Å²) in [4.78, 5) is 0. The SMILES string of the molecule is CCNCc1cnn(-c2ccc(Cl)c(F)c2)c1C(C)C. The molecule has 2 aromatic rings. The van der Waals surface area contributed by atoms with Crippen molar-refractivity contribution >= 4 is 11.6 Å². The molecule has 1 N–H and O–H groups in total. The molecular formula is C15H19ClFN3. The molecule has 0 aliphatic rings. The highest BCUT2D eigenvalue weighted by molar-refractivity contribution is 6.30. The monoisotopic (exact) mass is 295 g/mol. The first-order valence-corrected chi connectivity index (χ1v) is 7.15. The summed E-state index contributed by atoms with van der Waals surface area (Å²) in [5.74, 6) is -0.132. The zero-order valence-electron chi connectivity index (χ0n) is 12.0. The fourth-order valence-electron chi connectivity index (χ4n) is 2.23. The van der Waals surface area contributed by atoms with E-state index < -0.39 is 5.82 Å². The predicted molar refractivity (Wildman–Crippen MR) is 80.0 cm³/mol. The molecule has 0 bridgehead atoms. The number of nitrogens with zero attached hydrogens (tertiary/aromatic N) is 2.